The molecular formula is C19H30IN3O3S. The minimum atomic E-state index is -3.21. The smallest absolute Gasteiger partial charge is 0.194 e. The molecule has 0 amide bonds. The van der Waals surface area contributed by atoms with Crippen molar-refractivity contribution in [2.24, 2.45) is 4.99 Å². The number of guanidine groups is 1. The molecule has 27 heavy (non-hydrogen) atoms. The number of nitrogens with zero attached hydrogens (tertiary/aromatic N) is 2. The van der Waals surface area contributed by atoms with Crippen LogP contribution < -0.4 is 5.32 Å². The molecule has 2 aliphatic heterocycles. The fourth-order valence-corrected chi connectivity index (χ4v) is 4.92. The molecule has 1 aromatic carbocycles. The van der Waals surface area contributed by atoms with Gasteiger partial charge in [-0.3, -0.25) is 4.99 Å². The normalized spacial score (nSPS) is 19.8. The molecule has 0 saturated carbocycles. The predicted molar refractivity (Wildman–Crippen MR) is 120 cm³/mol. The van der Waals surface area contributed by atoms with Gasteiger partial charge in [0.15, 0.2) is 15.8 Å². The lowest BCUT2D eigenvalue weighted by Gasteiger charge is -2.35. The Morgan fingerprint density at radius 2 is 1.93 bits per heavy atom. The van der Waals surface area contributed by atoms with Gasteiger partial charge in [0.25, 0.3) is 0 Å². The number of aliphatic imine (C=N–C) groups is 1. The molecule has 1 saturated heterocycles. The highest BCUT2D eigenvalue weighted by Gasteiger charge is 2.42. The van der Waals surface area contributed by atoms with Crippen LogP contribution in [0.2, 0.25) is 0 Å². The Morgan fingerprint density at radius 3 is 2.56 bits per heavy atom. The molecule has 3 rings (SSSR count). The van der Waals surface area contributed by atoms with Crippen LogP contribution in [-0.2, 0) is 27.5 Å². The van der Waals surface area contributed by atoms with Crippen molar-refractivity contribution in [3.05, 3.63) is 35.4 Å². The van der Waals surface area contributed by atoms with E-state index in [0.717, 1.165) is 32.0 Å². The van der Waals surface area contributed by atoms with Crippen LogP contribution >= 0.6 is 24.0 Å². The van der Waals surface area contributed by atoms with Crippen molar-refractivity contribution in [1.29, 1.82) is 0 Å². The highest BCUT2D eigenvalue weighted by molar-refractivity contribution is 14.0. The van der Waals surface area contributed by atoms with Gasteiger partial charge in [-0.25, -0.2) is 8.42 Å². The quantitative estimate of drug-likeness (QED) is 0.385. The number of hydrogen-bond donors (Lipinski definition) is 1. The lowest BCUT2D eigenvalue weighted by Crippen LogP contribution is -2.48. The Hall–Kier alpha value is -0.870. The van der Waals surface area contributed by atoms with Crippen molar-refractivity contribution in [3.8, 4) is 0 Å². The highest BCUT2D eigenvalue weighted by atomic mass is 127. The van der Waals surface area contributed by atoms with E-state index in [1.165, 1.54) is 17.4 Å². The van der Waals surface area contributed by atoms with Crippen LogP contribution in [0.1, 0.15) is 30.9 Å². The molecule has 152 valence electrons. The van der Waals surface area contributed by atoms with E-state index in [1.54, 1.807) is 0 Å². The van der Waals surface area contributed by atoms with Gasteiger partial charge in [-0.2, -0.15) is 0 Å². The van der Waals surface area contributed by atoms with Crippen LogP contribution in [0.25, 0.3) is 0 Å². The Balaban J connectivity index is 0.00000261. The monoisotopic (exact) mass is 507 g/mol. The third-order valence-electron chi connectivity index (χ3n) is 5.47. The molecule has 0 atom stereocenters. The second-order valence-corrected chi connectivity index (χ2v) is 9.59. The summed E-state index contributed by atoms with van der Waals surface area (Å²) in [6.07, 6.45) is 3.33. The number of halogens is 1. The average molecular weight is 507 g/mol. The molecule has 0 radical (unpaired) electrons. The van der Waals surface area contributed by atoms with Crippen molar-refractivity contribution in [1.82, 2.24) is 10.2 Å². The Bertz CT molecular complexity index is 761. The van der Waals surface area contributed by atoms with Gasteiger partial charge in [0, 0.05) is 39.1 Å². The molecule has 2 heterocycles. The minimum Gasteiger partial charge on any atom is -0.381 e. The maximum absolute atomic E-state index is 12.5. The van der Waals surface area contributed by atoms with Crippen molar-refractivity contribution < 1.29 is 13.2 Å². The first-order valence-electron chi connectivity index (χ1n) is 9.32. The third kappa shape index (κ3) is 5.14. The largest absolute Gasteiger partial charge is 0.381 e. The van der Waals surface area contributed by atoms with Crippen molar-refractivity contribution in [2.45, 2.75) is 37.5 Å². The zero-order valence-corrected chi connectivity index (χ0v) is 19.3. The van der Waals surface area contributed by atoms with Crippen molar-refractivity contribution in [2.75, 3.05) is 39.1 Å². The first kappa shape index (κ1) is 22.4. The molecule has 0 aromatic heterocycles. The highest BCUT2D eigenvalue weighted by Crippen LogP contribution is 2.30. The van der Waals surface area contributed by atoms with Gasteiger partial charge in [-0.05, 0) is 37.3 Å². The summed E-state index contributed by atoms with van der Waals surface area (Å²) in [4.78, 5) is 6.99. The maximum Gasteiger partial charge on any atom is 0.194 e. The molecule has 0 unspecified atom stereocenters. The summed E-state index contributed by atoms with van der Waals surface area (Å²) in [6, 6.07) is 8.47. The van der Waals surface area contributed by atoms with E-state index in [0.29, 0.717) is 26.1 Å². The van der Waals surface area contributed by atoms with Crippen LogP contribution in [0.5, 0.6) is 0 Å². The van der Waals surface area contributed by atoms with Gasteiger partial charge in [-0.1, -0.05) is 24.3 Å². The topological polar surface area (TPSA) is 71.0 Å². The SMILES string of the molecule is CCNC(=NCC1(S(C)(=O)=O)CCOCC1)N1CCc2ccccc2C1.I. The molecule has 8 heteroatoms. The van der Waals surface area contributed by atoms with Gasteiger partial charge in [0.05, 0.1) is 11.3 Å². The van der Waals surface area contributed by atoms with Gasteiger partial charge in [-0.15, -0.1) is 24.0 Å². The second kappa shape index (κ2) is 9.56. The second-order valence-electron chi connectivity index (χ2n) is 7.18. The van der Waals surface area contributed by atoms with Gasteiger partial charge in [0.2, 0.25) is 0 Å². The number of fused-ring (bicyclic) bond motifs is 1. The van der Waals surface area contributed by atoms with Crippen LogP contribution in [-0.4, -0.2) is 63.1 Å². The summed E-state index contributed by atoms with van der Waals surface area (Å²) >= 11 is 0. The lowest BCUT2D eigenvalue weighted by molar-refractivity contribution is 0.0767. The van der Waals surface area contributed by atoms with Crippen molar-refractivity contribution >= 4 is 39.8 Å². The summed E-state index contributed by atoms with van der Waals surface area (Å²) in [5.41, 5.74) is 2.70. The Labute approximate surface area is 179 Å². The van der Waals surface area contributed by atoms with Crippen LogP contribution in [0, 0.1) is 0 Å². The molecule has 1 N–H and O–H groups in total. The summed E-state index contributed by atoms with van der Waals surface area (Å²) in [5, 5.41) is 3.34. The van der Waals surface area contributed by atoms with E-state index < -0.39 is 14.6 Å². The molecule has 1 aromatic rings. The van der Waals surface area contributed by atoms with E-state index in [4.69, 9.17) is 9.73 Å². The molecular weight excluding hydrogens is 477 g/mol. The number of nitrogens with one attached hydrogen (secondary N) is 1. The van der Waals surface area contributed by atoms with E-state index in [1.807, 2.05) is 6.92 Å². The van der Waals surface area contributed by atoms with E-state index >= 15 is 0 Å². The van der Waals surface area contributed by atoms with E-state index in [2.05, 4.69) is 34.5 Å². The fourth-order valence-electron chi connectivity index (χ4n) is 3.71. The molecule has 0 aliphatic carbocycles. The number of hydrogen-bond acceptors (Lipinski definition) is 4. The van der Waals surface area contributed by atoms with Crippen LogP contribution in [0.15, 0.2) is 29.3 Å². The summed E-state index contributed by atoms with van der Waals surface area (Å²) in [5.74, 6) is 0.802. The summed E-state index contributed by atoms with van der Waals surface area (Å²) in [6.45, 7) is 5.73. The standard InChI is InChI=1S/C19H29N3O3S.HI/c1-3-20-18(22-11-8-16-6-4-5-7-17(16)14-22)21-15-19(26(2,23)24)9-12-25-13-10-19;/h4-7H,3,8-15H2,1-2H3,(H,20,21);1H. The minimum absolute atomic E-state index is 0. The third-order valence-corrected chi connectivity index (χ3v) is 7.58. The number of benzene rings is 1. The van der Waals surface area contributed by atoms with E-state index in [9.17, 15) is 8.42 Å². The van der Waals surface area contributed by atoms with Crippen molar-refractivity contribution in [3.63, 3.8) is 0 Å². The van der Waals surface area contributed by atoms with Gasteiger partial charge < -0.3 is 15.0 Å². The molecule has 0 bridgehead atoms. The van der Waals surface area contributed by atoms with E-state index in [-0.39, 0.29) is 30.5 Å². The number of rotatable bonds is 4. The Kier molecular flexibility index (Phi) is 7.94. The maximum atomic E-state index is 12.5. The molecule has 0 spiro atoms. The van der Waals surface area contributed by atoms with Gasteiger partial charge >= 0.3 is 0 Å². The molecule has 1 fully saturated rings. The molecule has 2 aliphatic rings. The number of sulfone groups is 1. The average Bonchev–Trinajstić information content (AvgIpc) is 2.64. The first-order chi connectivity index (χ1) is 12.5. The first-order valence-corrected chi connectivity index (χ1v) is 11.2. The predicted octanol–water partition coefficient (Wildman–Crippen LogP) is 2.22. The fraction of sp³-hybridized carbons (Fsp3) is 0.632. The zero-order valence-electron chi connectivity index (χ0n) is 16.1. The van der Waals surface area contributed by atoms with Gasteiger partial charge in [0.1, 0.15) is 0 Å². The Morgan fingerprint density at radius 1 is 1.26 bits per heavy atom. The lowest BCUT2D eigenvalue weighted by atomic mass is 9.99. The molecule has 6 nitrogen and oxygen atoms in total. The van der Waals surface area contributed by atoms with Crippen LogP contribution in [0.3, 0.4) is 0 Å². The summed E-state index contributed by atoms with van der Waals surface area (Å²) in [7, 11) is -3.21. The zero-order chi connectivity index (χ0) is 18.6. The summed E-state index contributed by atoms with van der Waals surface area (Å²) < 4.78 is 29.5. The number of ether oxygens (including phenoxy) is 1. The van der Waals surface area contributed by atoms with Crippen LogP contribution in [0.4, 0.5) is 0 Å².